The van der Waals surface area contributed by atoms with E-state index in [0.29, 0.717) is 0 Å². The van der Waals surface area contributed by atoms with Gasteiger partial charge in [-0.15, -0.1) is 12.4 Å². The molecule has 4 heteroatoms. The smallest absolute Gasteiger partial charge is 0.240 e. The number of benzene rings is 2. The topological polar surface area (TPSA) is 32.3 Å². The Hall–Kier alpha value is -1.84. The SMILES string of the molecule is Cl.O=C(C1CCCCN1)N1Cc2ccccc2C(c2ccccc2)C1. The van der Waals surface area contributed by atoms with Gasteiger partial charge < -0.3 is 10.2 Å². The molecule has 0 radical (unpaired) electrons. The van der Waals surface area contributed by atoms with E-state index in [1.165, 1.54) is 23.1 Å². The largest absolute Gasteiger partial charge is 0.336 e. The third-order valence-electron chi connectivity index (χ3n) is 5.32. The Bertz CT molecular complexity index is 713. The second-order valence-corrected chi connectivity index (χ2v) is 6.88. The summed E-state index contributed by atoms with van der Waals surface area (Å²) in [6.45, 7) is 2.47. The van der Waals surface area contributed by atoms with E-state index >= 15 is 0 Å². The molecule has 0 aliphatic carbocycles. The zero-order chi connectivity index (χ0) is 16.4. The number of nitrogens with zero attached hydrogens (tertiary/aromatic N) is 1. The van der Waals surface area contributed by atoms with Crippen LogP contribution >= 0.6 is 12.4 Å². The molecule has 3 nitrogen and oxygen atoms in total. The quantitative estimate of drug-likeness (QED) is 0.889. The molecule has 1 N–H and O–H groups in total. The molecule has 2 aliphatic rings. The molecule has 2 aromatic carbocycles. The van der Waals surface area contributed by atoms with E-state index in [1.807, 2.05) is 6.07 Å². The number of halogens is 1. The van der Waals surface area contributed by atoms with Gasteiger partial charge in [-0.2, -0.15) is 0 Å². The first kappa shape index (κ1) is 18.0. The molecule has 4 rings (SSSR count). The number of carbonyl (C=O) groups excluding carboxylic acids is 1. The van der Waals surface area contributed by atoms with Crippen LogP contribution in [-0.4, -0.2) is 29.9 Å². The zero-order valence-corrected chi connectivity index (χ0v) is 15.2. The van der Waals surface area contributed by atoms with Crippen molar-refractivity contribution in [1.82, 2.24) is 10.2 Å². The van der Waals surface area contributed by atoms with E-state index in [2.05, 4.69) is 58.7 Å². The van der Waals surface area contributed by atoms with Crippen LogP contribution in [0.15, 0.2) is 54.6 Å². The number of carbonyl (C=O) groups is 1. The van der Waals surface area contributed by atoms with Crippen molar-refractivity contribution in [1.29, 1.82) is 0 Å². The van der Waals surface area contributed by atoms with Crippen LogP contribution in [0.5, 0.6) is 0 Å². The molecule has 1 fully saturated rings. The average molecular weight is 357 g/mol. The third-order valence-corrected chi connectivity index (χ3v) is 5.32. The summed E-state index contributed by atoms with van der Waals surface area (Å²) in [5.74, 6) is 0.536. The van der Waals surface area contributed by atoms with Gasteiger partial charge in [-0.3, -0.25) is 4.79 Å². The van der Waals surface area contributed by atoms with Crippen LogP contribution in [0.25, 0.3) is 0 Å². The van der Waals surface area contributed by atoms with E-state index in [0.717, 1.165) is 32.5 Å². The molecule has 0 saturated carbocycles. The summed E-state index contributed by atoms with van der Waals surface area (Å²) in [6.07, 6.45) is 3.29. The Morgan fingerprint density at radius 2 is 1.76 bits per heavy atom. The fourth-order valence-electron chi connectivity index (χ4n) is 4.03. The van der Waals surface area contributed by atoms with Crippen LogP contribution in [-0.2, 0) is 11.3 Å². The summed E-state index contributed by atoms with van der Waals surface area (Å²) in [5.41, 5.74) is 3.94. The highest BCUT2D eigenvalue weighted by molar-refractivity contribution is 5.85. The average Bonchev–Trinajstić information content (AvgIpc) is 2.68. The van der Waals surface area contributed by atoms with Gasteiger partial charge in [-0.25, -0.2) is 0 Å². The predicted molar refractivity (Wildman–Crippen MR) is 103 cm³/mol. The van der Waals surface area contributed by atoms with Crippen molar-refractivity contribution in [3.63, 3.8) is 0 Å². The van der Waals surface area contributed by atoms with Crippen molar-refractivity contribution in [3.8, 4) is 0 Å². The first-order chi connectivity index (χ1) is 11.8. The molecule has 0 bridgehead atoms. The maximum atomic E-state index is 13.0. The Morgan fingerprint density at radius 1 is 1.00 bits per heavy atom. The molecule has 2 aliphatic heterocycles. The van der Waals surface area contributed by atoms with Gasteiger partial charge in [-0.1, -0.05) is 61.0 Å². The third kappa shape index (κ3) is 3.73. The van der Waals surface area contributed by atoms with E-state index in [1.54, 1.807) is 0 Å². The van der Waals surface area contributed by atoms with Gasteiger partial charge >= 0.3 is 0 Å². The van der Waals surface area contributed by atoms with E-state index in [4.69, 9.17) is 0 Å². The molecule has 2 atom stereocenters. The highest BCUT2D eigenvalue weighted by Gasteiger charge is 2.32. The molecule has 132 valence electrons. The fraction of sp³-hybridized carbons (Fsp3) is 0.381. The van der Waals surface area contributed by atoms with Crippen LogP contribution in [0.4, 0.5) is 0 Å². The lowest BCUT2D eigenvalue weighted by Gasteiger charge is -2.37. The van der Waals surface area contributed by atoms with Crippen molar-refractivity contribution in [3.05, 3.63) is 71.3 Å². The maximum absolute atomic E-state index is 13.0. The molecule has 1 saturated heterocycles. The normalized spacial score (nSPS) is 22.6. The van der Waals surface area contributed by atoms with Crippen LogP contribution in [0.3, 0.4) is 0 Å². The highest BCUT2D eigenvalue weighted by atomic mass is 35.5. The fourth-order valence-corrected chi connectivity index (χ4v) is 4.03. The predicted octanol–water partition coefficient (Wildman–Crippen LogP) is 3.72. The van der Waals surface area contributed by atoms with Crippen molar-refractivity contribution in [2.45, 2.75) is 37.8 Å². The van der Waals surface area contributed by atoms with Crippen LogP contribution in [0.1, 0.15) is 41.9 Å². The Labute approximate surface area is 155 Å². The highest BCUT2D eigenvalue weighted by Crippen LogP contribution is 2.33. The summed E-state index contributed by atoms with van der Waals surface area (Å²) in [6, 6.07) is 19.1. The Balaban J connectivity index is 0.00000182. The molecule has 2 unspecified atom stereocenters. The number of rotatable bonds is 2. The standard InChI is InChI=1S/C21H24N2O.ClH/c24-21(20-12-6-7-13-22-20)23-14-17-10-4-5-11-18(17)19(15-23)16-8-2-1-3-9-16;/h1-5,8-11,19-20,22H,6-7,12-15H2;1H. The molecule has 0 spiro atoms. The summed E-state index contributed by atoms with van der Waals surface area (Å²) >= 11 is 0. The van der Waals surface area contributed by atoms with Crippen molar-refractivity contribution in [2.24, 2.45) is 0 Å². The summed E-state index contributed by atoms with van der Waals surface area (Å²) < 4.78 is 0. The lowest BCUT2D eigenvalue weighted by molar-refractivity contribution is -0.135. The van der Waals surface area contributed by atoms with Gasteiger partial charge in [0.25, 0.3) is 0 Å². The van der Waals surface area contributed by atoms with E-state index < -0.39 is 0 Å². The number of amides is 1. The number of hydrogen-bond acceptors (Lipinski definition) is 2. The Kier molecular flexibility index (Phi) is 5.77. The number of fused-ring (bicyclic) bond motifs is 1. The second kappa shape index (κ2) is 8.03. The van der Waals surface area contributed by atoms with Gasteiger partial charge in [0, 0.05) is 19.0 Å². The lowest BCUT2D eigenvalue weighted by Crippen LogP contribution is -2.50. The molecule has 25 heavy (non-hydrogen) atoms. The van der Waals surface area contributed by atoms with Gasteiger partial charge in [0.1, 0.15) is 0 Å². The van der Waals surface area contributed by atoms with Crippen LogP contribution < -0.4 is 5.32 Å². The minimum atomic E-state index is 0. The molecule has 2 aromatic rings. The number of nitrogens with one attached hydrogen (secondary N) is 1. The van der Waals surface area contributed by atoms with Gasteiger partial charge in [0.15, 0.2) is 0 Å². The van der Waals surface area contributed by atoms with Crippen LogP contribution in [0.2, 0.25) is 0 Å². The van der Waals surface area contributed by atoms with Crippen molar-refractivity contribution >= 4 is 18.3 Å². The first-order valence-corrected chi connectivity index (χ1v) is 8.98. The summed E-state index contributed by atoms with van der Waals surface area (Å²) in [7, 11) is 0. The Morgan fingerprint density at radius 3 is 2.52 bits per heavy atom. The van der Waals surface area contributed by atoms with Crippen molar-refractivity contribution < 1.29 is 4.79 Å². The summed E-state index contributed by atoms with van der Waals surface area (Å²) in [5, 5.41) is 3.40. The van der Waals surface area contributed by atoms with Gasteiger partial charge in [0.05, 0.1) is 6.04 Å². The molecular weight excluding hydrogens is 332 g/mol. The molecule has 0 aromatic heterocycles. The molecule has 2 heterocycles. The van der Waals surface area contributed by atoms with Gasteiger partial charge in [-0.05, 0) is 36.1 Å². The minimum Gasteiger partial charge on any atom is -0.336 e. The number of piperidine rings is 1. The first-order valence-electron chi connectivity index (χ1n) is 8.98. The minimum absolute atomic E-state index is 0. The zero-order valence-electron chi connectivity index (χ0n) is 14.4. The lowest BCUT2D eigenvalue weighted by atomic mass is 9.84. The molecular formula is C21H25ClN2O. The van der Waals surface area contributed by atoms with Crippen LogP contribution in [0, 0.1) is 0 Å². The summed E-state index contributed by atoms with van der Waals surface area (Å²) in [4.78, 5) is 15.1. The maximum Gasteiger partial charge on any atom is 0.240 e. The number of hydrogen-bond donors (Lipinski definition) is 1. The monoisotopic (exact) mass is 356 g/mol. The van der Waals surface area contributed by atoms with Gasteiger partial charge in [0.2, 0.25) is 5.91 Å². The molecule has 1 amide bonds. The van der Waals surface area contributed by atoms with E-state index in [9.17, 15) is 4.79 Å². The van der Waals surface area contributed by atoms with Crippen molar-refractivity contribution in [2.75, 3.05) is 13.1 Å². The second-order valence-electron chi connectivity index (χ2n) is 6.88. The van der Waals surface area contributed by atoms with E-state index in [-0.39, 0.29) is 30.3 Å².